The third-order valence-electron chi connectivity index (χ3n) is 1.86. The van der Waals surface area contributed by atoms with E-state index in [2.05, 4.69) is 27.1 Å². The first-order valence-corrected chi connectivity index (χ1v) is 5.30. The van der Waals surface area contributed by atoms with Crippen LogP contribution in [0, 0.1) is 18.8 Å². The number of thioether (sulfide) groups is 1. The SMILES string of the molecule is Cc1cc(C#CC2SC(N)=NN2C)n[nH]1. The van der Waals surface area contributed by atoms with Crippen LogP contribution in [-0.2, 0) is 0 Å². The van der Waals surface area contributed by atoms with E-state index in [0.29, 0.717) is 5.17 Å². The van der Waals surface area contributed by atoms with Crippen molar-refractivity contribution in [2.24, 2.45) is 10.8 Å². The summed E-state index contributed by atoms with van der Waals surface area (Å²) in [4.78, 5) is 0. The smallest absolute Gasteiger partial charge is 0.181 e. The largest absolute Gasteiger partial charge is 0.377 e. The molecule has 2 rings (SSSR count). The molecule has 0 saturated heterocycles. The standard InChI is InChI=1S/C9H11N5S/c1-6-5-7(12-11-6)3-4-8-14(2)13-9(10)15-8/h5,8H,1-2H3,(H2,10,13)(H,11,12). The summed E-state index contributed by atoms with van der Waals surface area (Å²) in [5, 5.41) is 13.2. The van der Waals surface area contributed by atoms with Crippen molar-refractivity contribution >= 4 is 16.9 Å². The van der Waals surface area contributed by atoms with E-state index in [1.807, 2.05) is 20.0 Å². The van der Waals surface area contributed by atoms with Gasteiger partial charge in [-0.1, -0.05) is 5.92 Å². The number of H-pyrrole nitrogens is 1. The van der Waals surface area contributed by atoms with Gasteiger partial charge in [0.2, 0.25) is 0 Å². The van der Waals surface area contributed by atoms with E-state index in [-0.39, 0.29) is 5.37 Å². The molecule has 15 heavy (non-hydrogen) atoms. The lowest BCUT2D eigenvalue weighted by atomic mass is 10.4. The molecule has 78 valence electrons. The van der Waals surface area contributed by atoms with E-state index in [1.165, 1.54) is 11.8 Å². The lowest BCUT2D eigenvalue weighted by molar-refractivity contribution is 0.385. The molecule has 1 unspecified atom stereocenters. The van der Waals surface area contributed by atoms with Crippen molar-refractivity contribution in [1.82, 2.24) is 15.2 Å². The van der Waals surface area contributed by atoms with Crippen LogP contribution in [0.3, 0.4) is 0 Å². The number of hydrazone groups is 1. The van der Waals surface area contributed by atoms with Crippen molar-refractivity contribution in [2.75, 3.05) is 7.05 Å². The number of rotatable bonds is 0. The van der Waals surface area contributed by atoms with Crippen LogP contribution >= 0.6 is 11.8 Å². The van der Waals surface area contributed by atoms with Crippen molar-refractivity contribution in [2.45, 2.75) is 12.3 Å². The molecule has 0 amide bonds. The molecule has 5 nitrogen and oxygen atoms in total. The first-order valence-electron chi connectivity index (χ1n) is 4.42. The van der Waals surface area contributed by atoms with Crippen molar-refractivity contribution in [3.63, 3.8) is 0 Å². The average Bonchev–Trinajstić information content (AvgIpc) is 2.70. The van der Waals surface area contributed by atoms with Crippen LogP contribution in [-0.4, -0.2) is 32.8 Å². The molecule has 1 aromatic heterocycles. The van der Waals surface area contributed by atoms with E-state index < -0.39 is 0 Å². The molecule has 6 heteroatoms. The number of amidine groups is 1. The highest BCUT2D eigenvalue weighted by Crippen LogP contribution is 2.20. The fourth-order valence-corrected chi connectivity index (χ4v) is 1.88. The van der Waals surface area contributed by atoms with E-state index in [9.17, 15) is 0 Å². The fourth-order valence-electron chi connectivity index (χ4n) is 1.16. The monoisotopic (exact) mass is 221 g/mol. The van der Waals surface area contributed by atoms with Crippen LogP contribution in [0.5, 0.6) is 0 Å². The molecule has 0 fully saturated rings. The maximum Gasteiger partial charge on any atom is 0.181 e. The third kappa shape index (κ3) is 2.25. The molecule has 3 N–H and O–H groups in total. The van der Waals surface area contributed by atoms with Crippen molar-refractivity contribution in [3.8, 4) is 11.8 Å². The summed E-state index contributed by atoms with van der Waals surface area (Å²) in [7, 11) is 1.85. The van der Waals surface area contributed by atoms with Gasteiger partial charge >= 0.3 is 0 Å². The van der Waals surface area contributed by atoms with Crippen LogP contribution in [0.15, 0.2) is 11.2 Å². The number of aromatic amines is 1. The Hall–Kier alpha value is -1.61. The summed E-state index contributed by atoms with van der Waals surface area (Å²) in [6, 6.07) is 1.90. The Morgan fingerprint density at radius 2 is 2.47 bits per heavy atom. The molecule has 2 heterocycles. The second-order valence-corrected chi connectivity index (χ2v) is 4.29. The Balaban J connectivity index is 2.07. The average molecular weight is 221 g/mol. The fraction of sp³-hybridized carbons (Fsp3) is 0.333. The summed E-state index contributed by atoms with van der Waals surface area (Å²) in [5.74, 6) is 6.03. The minimum Gasteiger partial charge on any atom is -0.377 e. The maximum absolute atomic E-state index is 5.57. The molecule has 1 aromatic rings. The van der Waals surface area contributed by atoms with Gasteiger partial charge in [0.05, 0.1) is 0 Å². The summed E-state index contributed by atoms with van der Waals surface area (Å²) in [6.07, 6.45) is 0. The number of nitrogens with one attached hydrogen (secondary N) is 1. The molecule has 0 bridgehead atoms. The molecule has 0 aromatic carbocycles. The topological polar surface area (TPSA) is 70.3 Å². The maximum atomic E-state index is 5.57. The van der Waals surface area contributed by atoms with Crippen LogP contribution in [0.4, 0.5) is 0 Å². The number of aryl methyl sites for hydroxylation is 1. The van der Waals surface area contributed by atoms with Gasteiger partial charge in [-0.15, -0.1) is 0 Å². The van der Waals surface area contributed by atoms with E-state index in [0.717, 1.165) is 11.4 Å². The van der Waals surface area contributed by atoms with Crippen LogP contribution in [0.25, 0.3) is 0 Å². The minimum absolute atomic E-state index is 0.0120. The van der Waals surface area contributed by atoms with Gasteiger partial charge in [-0.05, 0) is 30.7 Å². The highest BCUT2D eigenvalue weighted by Gasteiger charge is 2.20. The number of nitrogens with two attached hydrogens (primary N) is 1. The second-order valence-electron chi connectivity index (χ2n) is 3.19. The third-order valence-corrected chi connectivity index (χ3v) is 2.83. The Bertz CT molecular complexity index is 453. The van der Waals surface area contributed by atoms with Gasteiger partial charge < -0.3 is 5.73 Å². The lowest BCUT2D eigenvalue weighted by Gasteiger charge is -2.09. The molecular formula is C9H11N5S. The van der Waals surface area contributed by atoms with Crippen LogP contribution in [0.1, 0.15) is 11.4 Å². The van der Waals surface area contributed by atoms with Gasteiger partial charge in [0.1, 0.15) is 5.69 Å². The summed E-state index contributed by atoms with van der Waals surface area (Å²) in [6.45, 7) is 1.94. The van der Waals surface area contributed by atoms with Crippen molar-refractivity contribution in [3.05, 3.63) is 17.5 Å². The molecule has 0 aliphatic carbocycles. The summed E-state index contributed by atoms with van der Waals surface area (Å²) >= 11 is 1.44. The Labute approximate surface area is 92.1 Å². The zero-order valence-electron chi connectivity index (χ0n) is 8.48. The van der Waals surface area contributed by atoms with Crippen LogP contribution in [0.2, 0.25) is 0 Å². The normalized spacial score (nSPS) is 19.7. The minimum atomic E-state index is -0.0120. The molecule has 1 aliphatic heterocycles. The molecule has 0 saturated carbocycles. The Kier molecular flexibility index (Phi) is 2.56. The highest BCUT2D eigenvalue weighted by molar-refractivity contribution is 8.14. The molecular weight excluding hydrogens is 210 g/mol. The van der Waals surface area contributed by atoms with Gasteiger partial charge in [-0.2, -0.15) is 10.2 Å². The lowest BCUT2D eigenvalue weighted by Crippen LogP contribution is -2.17. The first kappa shape index (κ1) is 9.93. The predicted octanol–water partition coefficient (Wildman–Crippen LogP) is 0.304. The zero-order valence-corrected chi connectivity index (χ0v) is 9.30. The van der Waals surface area contributed by atoms with E-state index in [1.54, 1.807) is 5.01 Å². The van der Waals surface area contributed by atoms with Gasteiger partial charge in [0, 0.05) is 12.7 Å². The van der Waals surface area contributed by atoms with Gasteiger partial charge in [-0.3, -0.25) is 10.1 Å². The molecule has 1 aliphatic rings. The van der Waals surface area contributed by atoms with E-state index >= 15 is 0 Å². The van der Waals surface area contributed by atoms with Gasteiger partial charge in [0.15, 0.2) is 10.5 Å². The second kappa shape index (κ2) is 3.87. The van der Waals surface area contributed by atoms with E-state index in [4.69, 9.17) is 5.73 Å². The highest BCUT2D eigenvalue weighted by atomic mass is 32.2. The number of hydrogen-bond donors (Lipinski definition) is 2. The number of aromatic nitrogens is 2. The zero-order chi connectivity index (χ0) is 10.8. The van der Waals surface area contributed by atoms with Gasteiger partial charge in [0.25, 0.3) is 0 Å². The number of hydrogen-bond acceptors (Lipinski definition) is 5. The molecule has 0 spiro atoms. The summed E-state index contributed by atoms with van der Waals surface area (Å²) < 4.78 is 0. The Morgan fingerprint density at radius 1 is 1.67 bits per heavy atom. The first-order chi connectivity index (χ1) is 7.15. The molecule has 0 radical (unpaired) electrons. The number of nitrogens with zero attached hydrogens (tertiary/aromatic N) is 3. The van der Waals surface area contributed by atoms with Crippen molar-refractivity contribution in [1.29, 1.82) is 0 Å². The molecule has 1 atom stereocenters. The van der Waals surface area contributed by atoms with Crippen LogP contribution < -0.4 is 5.73 Å². The predicted molar refractivity (Wildman–Crippen MR) is 61.0 cm³/mol. The van der Waals surface area contributed by atoms with Gasteiger partial charge in [-0.25, -0.2) is 0 Å². The quantitative estimate of drug-likeness (QED) is 0.618. The van der Waals surface area contributed by atoms with Crippen molar-refractivity contribution < 1.29 is 0 Å². The summed E-state index contributed by atoms with van der Waals surface area (Å²) in [5.41, 5.74) is 7.32. The Morgan fingerprint density at radius 3 is 3.00 bits per heavy atom.